The van der Waals surface area contributed by atoms with Crippen molar-refractivity contribution in [2.75, 3.05) is 29.4 Å². The van der Waals surface area contributed by atoms with Crippen molar-refractivity contribution in [1.82, 2.24) is 24.6 Å². The molecule has 0 saturated carbocycles. The van der Waals surface area contributed by atoms with Gasteiger partial charge in [-0.05, 0) is 51.7 Å². The molecular weight excluding hydrogens is 414 g/mol. The third-order valence-electron chi connectivity index (χ3n) is 6.93. The Morgan fingerprint density at radius 1 is 0.970 bits per heavy atom. The van der Waals surface area contributed by atoms with Gasteiger partial charge < -0.3 is 14.9 Å². The van der Waals surface area contributed by atoms with Crippen LogP contribution >= 0.6 is 0 Å². The first-order valence-corrected chi connectivity index (χ1v) is 11.8. The Morgan fingerprint density at radius 2 is 1.82 bits per heavy atom. The lowest BCUT2D eigenvalue weighted by atomic mass is 9.98. The van der Waals surface area contributed by atoms with Crippen LogP contribution in [0.5, 0.6) is 0 Å². The second kappa shape index (κ2) is 7.66. The molecule has 1 atom stereocenters. The average Bonchev–Trinajstić information content (AvgIpc) is 3.18. The lowest BCUT2D eigenvalue weighted by Crippen LogP contribution is -2.51. The van der Waals surface area contributed by atoms with Crippen LogP contribution in [0, 0.1) is 20.8 Å². The maximum atomic E-state index is 9.71. The molecule has 0 amide bonds. The van der Waals surface area contributed by atoms with E-state index in [0.717, 1.165) is 64.7 Å². The summed E-state index contributed by atoms with van der Waals surface area (Å²) in [6, 6.07) is 8.53. The van der Waals surface area contributed by atoms with Gasteiger partial charge in [-0.25, -0.2) is 19.5 Å². The van der Waals surface area contributed by atoms with Crippen molar-refractivity contribution in [3.8, 4) is 0 Å². The Hall–Kier alpha value is -3.26. The molecule has 1 unspecified atom stereocenters. The fraction of sp³-hybridized carbons (Fsp3) is 0.440. The molecule has 0 aliphatic carbocycles. The molecule has 2 aliphatic rings. The smallest absolute Gasteiger partial charge is 0.157 e. The van der Waals surface area contributed by atoms with Crippen LogP contribution in [0.1, 0.15) is 47.9 Å². The third kappa shape index (κ3) is 3.40. The number of hydrogen-bond donors (Lipinski definition) is 1. The number of hydrogen-bond acceptors (Lipinski definition) is 7. The molecule has 6 rings (SSSR count). The summed E-state index contributed by atoms with van der Waals surface area (Å²) < 4.78 is 1.89. The van der Waals surface area contributed by atoms with Gasteiger partial charge in [-0.15, -0.1) is 0 Å². The summed E-state index contributed by atoms with van der Waals surface area (Å²) >= 11 is 0. The van der Waals surface area contributed by atoms with Crippen LogP contribution in [0.15, 0.2) is 30.5 Å². The van der Waals surface area contributed by atoms with Crippen molar-refractivity contribution in [2.24, 2.45) is 0 Å². The molecule has 170 valence electrons. The number of fused-ring (bicyclic) bond motifs is 2. The molecule has 5 heterocycles. The van der Waals surface area contributed by atoms with Gasteiger partial charge in [0.25, 0.3) is 0 Å². The van der Waals surface area contributed by atoms with E-state index in [2.05, 4.69) is 52.9 Å². The van der Waals surface area contributed by atoms with Crippen LogP contribution in [0.3, 0.4) is 0 Å². The molecule has 33 heavy (non-hydrogen) atoms. The number of nitrogens with zero attached hydrogens (tertiary/aromatic N) is 7. The second-order valence-electron chi connectivity index (χ2n) is 9.45. The highest BCUT2D eigenvalue weighted by Crippen LogP contribution is 2.38. The van der Waals surface area contributed by atoms with Gasteiger partial charge in [-0.3, -0.25) is 0 Å². The fourth-order valence-corrected chi connectivity index (χ4v) is 5.28. The third-order valence-corrected chi connectivity index (χ3v) is 6.93. The molecular formula is C25H29N7O. The monoisotopic (exact) mass is 443 g/mol. The summed E-state index contributed by atoms with van der Waals surface area (Å²) in [6.07, 6.45) is 5.13. The SMILES string of the molecule is Cc1nc(N2CCCCC2c2cc3nc(N4CC(O)C4)c(C)cn3n2)c2c(C)cccc2n1. The zero-order valence-electron chi connectivity index (χ0n) is 19.4. The highest BCUT2D eigenvalue weighted by molar-refractivity contribution is 5.92. The van der Waals surface area contributed by atoms with Gasteiger partial charge in [0.1, 0.15) is 17.5 Å². The van der Waals surface area contributed by atoms with Gasteiger partial charge in [0.2, 0.25) is 0 Å². The lowest BCUT2D eigenvalue weighted by Gasteiger charge is -2.37. The zero-order chi connectivity index (χ0) is 22.7. The number of aromatic nitrogens is 5. The molecule has 0 radical (unpaired) electrons. The lowest BCUT2D eigenvalue weighted by molar-refractivity contribution is 0.141. The molecule has 4 aromatic rings. The van der Waals surface area contributed by atoms with Crippen LogP contribution < -0.4 is 9.80 Å². The van der Waals surface area contributed by atoms with E-state index in [1.54, 1.807) is 0 Å². The van der Waals surface area contributed by atoms with Crippen LogP contribution in [0.25, 0.3) is 16.6 Å². The van der Waals surface area contributed by atoms with Crippen LogP contribution in [0.4, 0.5) is 11.6 Å². The minimum absolute atomic E-state index is 0.146. The van der Waals surface area contributed by atoms with Gasteiger partial charge >= 0.3 is 0 Å². The number of rotatable bonds is 3. The zero-order valence-corrected chi connectivity index (χ0v) is 19.4. The fourth-order valence-electron chi connectivity index (χ4n) is 5.28. The molecule has 2 saturated heterocycles. The molecule has 1 N–H and O–H groups in total. The summed E-state index contributed by atoms with van der Waals surface area (Å²) in [7, 11) is 0. The van der Waals surface area contributed by atoms with Crippen molar-refractivity contribution in [3.05, 3.63) is 53.1 Å². The van der Waals surface area contributed by atoms with E-state index < -0.39 is 0 Å². The highest BCUT2D eigenvalue weighted by Gasteiger charge is 2.31. The minimum Gasteiger partial charge on any atom is -0.389 e. The molecule has 8 nitrogen and oxygen atoms in total. The normalized spacial score (nSPS) is 19.5. The van der Waals surface area contributed by atoms with Crippen LogP contribution in [-0.2, 0) is 0 Å². The van der Waals surface area contributed by atoms with Gasteiger partial charge in [0.15, 0.2) is 5.65 Å². The maximum Gasteiger partial charge on any atom is 0.157 e. The summed E-state index contributed by atoms with van der Waals surface area (Å²) in [5.41, 5.74) is 5.13. The van der Waals surface area contributed by atoms with E-state index in [4.69, 9.17) is 15.1 Å². The number of β-amino-alcohol motifs (C(OH)–C–C–N with tert-alkyl or cyclic N) is 1. The quantitative estimate of drug-likeness (QED) is 0.519. The van der Waals surface area contributed by atoms with Crippen molar-refractivity contribution < 1.29 is 5.11 Å². The molecule has 2 aliphatic heterocycles. The van der Waals surface area contributed by atoms with Gasteiger partial charge in [-0.2, -0.15) is 5.10 Å². The van der Waals surface area contributed by atoms with E-state index in [-0.39, 0.29) is 12.1 Å². The van der Waals surface area contributed by atoms with E-state index in [1.807, 2.05) is 17.6 Å². The summed E-state index contributed by atoms with van der Waals surface area (Å²) in [6.45, 7) is 8.38. The van der Waals surface area contributed by atoms with E-state index in [0.29, 0.717) is 13.1 Å². The number of aryl methyl sites for hydroxylation is 3. The largest absolute Gasteiger partial charge is 0.389 e. The van der Waals surface area contributed by atoms with Crippen LogP contribution in [0.2, 0.25) is 0 Å². The van der Waals surface area contributed by atoms with Crippen molar-refractivity contribution >= 4 is 28.2 Å². The Morgan fingerprint density at radius 3 is 2.64 bits per heavy atom. The Balaban J connectivity index is 1.43. The highest BCUT2D eigenvalue weighted by atomic mass is 16.3. The maximum absolute atomic E-state index is 9.71. The first-order chi connectivity index (χ1) is 16.0. The van der Waals surface area contributed by atoms with Crippen molar-refractivity contribution in [2.45, 2.75) is 52.2 Å². The number of aliphatic hydroxyl groups excluding tert-OH is 1. The molecule has 3 aromatic heterocycles. The van der Waals surface area contributed by atoms with Gasteiger partial charge in [0.05, 0.1) is 23.4 Å². The molecule has 2 fully saturated rings. The van der Waals surface area contributed by atoms with E-state index in [1.165, 1.54) is 12.0 Å². The van der Waals surface area contributed by atoms with Crippen LogP contribution in [-0.4, -0.2) is 55.4 Å². The summed E-state index contributed by atoms with van der Waals surface area (Å²) in [5.74, 6) is 2.74. The number of piperidine rings is 1. The standard InChI is InChI=1S/C25H29N7O/c1-15-7-6-8-19-23(15)25(27-17(3)26-19)31-10-5-4-9-21(31)20-11-22-28-24(30-13-18(33)14-30)16(2)12-32(22)29-20/h6-8,11-12,18,21,33H,4-5,9-10,13-14H2,1-3H3. The topological polar surface area (TPSA) is 82.7 Å². The summed E-state index contributed by atoms with van der Waals surface area (Å²) in [5, 5.41) is 15.8. The summed E-state index contributed by atoms with van der Waals surface area (Å²) in [4.78, 5) is 19.1. The van der Waals surface area contributed by atoms with Crippen molar-refractivity contribution in [3.63, 3.8) is 0 Å². The number of anilines is 2. The molecule has 0 spiro atoms. The predicted octanol–water partition coefficient (Wildman–Crippen LogP) is 3.51. The predicted molar refractivity (Wildman–Crippen MR) is 129 cm³/mol. The Labute approximate surface area is 192 Å². The molecule has 0 bridgehead atoms. The Kier molecular flexibility index (Phi) is 4.72. The van der Waals surface area contributed by atoms with Gasteiger partial charge in [0, 0.05) is 42.8 Å². The number of benzene rings is 1. The second-order valence-corrected chi connectivity index (χ2v) is 9.45. The first-order valence-electron chi connectivity index (χ1n) is 11.8. The minimum atomic E-state index is -0.256. The Bertz CT molecular complexity index is 1360. The first kappa shape index (κ1) is 20.4. The van der Waals surface area contributed by atoms with Gasteiger partial charge in [-0.1, -0.05) is 12.1 Å². The van der Waals surface area contributed by atoms with Crippen molar-refractivity contribution in [1.29, 1.82) is 0 Å². The van der Waals surface area contributed by atoms with E-state index in [9.17, 15) is 5.11 Å². The molecule has 1 aromatic carbocycles. The molecule has 8 heteroatoms. The number of aliphatic hydroxyl groups is 1. The van der Waals surface area contributed by atoms with E-state index >= 15 is 0 Å². The average molecular weight is 444 g/mol.